The van der Waals surface area contributed by atoms with Gasteiger partial charge in [0.15, 0.2) is 0 Å². The van der Waals surface area contributed by atoms with E-state index < -0.39 is 5.92 Å². The normalized spacial score (nSPS) is 19.2. The second-order valence-corrected chi connectivity index (χ2v) is 7.01. The highest BCUT2D eigenvalue weighted by atomic mass is 16.2. The fourth-order valence-electron chi connectivity index (χ4n) is 3.69. The number of hydrogen-bond donors (Lipinski definition) is 1. The van der Waals surface area contributed by atoms with E-state index >= 15 is 0 Å². The third kappa shape index (κ3) is 3.32. The lowest BCUT2D eigenvalue weighted by Crippen LogP contribution is -2.39. The maximum absolute atomic E-state index is 12.6. The van der Waals surface area contributed by atoms with E-state index in [1.165, 1.54) is 11.1 Å². The summed E-state index contributed by atoms with van der Waals surface area (Å²) in [4.78, 5) is 12.6. The molecule has 0 radical (unpaired) electrons. The Balaban J connectivity index is 2.11. The van der Waals surface area contributed by atoms with Crippen LogP contribution in [0.2, 0.25) is 0 Å². The molecule has 22 heavy (non-hydrogen) atoms. The van der Waals surface area contributed by atoms with Gasteiger partial charge < -0.3 is 5.32 Å². The average molecular weight is 298 g/mol. The van der Waals surface area contributed by atoms with Crippen LogP contribution in [-0.2, 0) is 4.79 Å². The molecule has 1 aliphatic carbocycles. The van der Waals surface area contributed by atoms with Crippen LogP contribution in [0.5, 0.6) is 0 Å². The van der Waals surface area contributed by atoms with Crippen molar-refractivity contribution in [1.82, 2.24) is 5.32 Å². The lowest BCUT2D eigenvalue weighted by Gasteiger charge is -2.29. The van der Waals surface area contributed by atoms with E-state index in [9.17, 15) is 10.1 Å². The molecule has 3 nitrogen and oxygen atoms in total. The summed E-state index contributed by atoms with van der Waals surface area (Å²) in [6.45, 7) is 8.19. The lowest BCUT2D eigenvalue weighted by molar-refractivity contribution is -0.127. The monoisotopic (exact) mass is 298 g/mol. The van der Waals surface area contributed by atoms with Gasteiger partial charge in [-0.1, -0.05) is 43.5 Å². The molecule has 1 amide bonds. The molecule has 1 fully saturated rings. The van der Waals surface area contributed by atoms with Gasteiger partial charge in [0, 0.05) is 0 Å². The van der Waals surface area contributed by atoms with Crippen molar-refractivity contribution in [2.45, 2.75) is 59.4 Å². The molecule has 2 atom stereocenters. The number of nitriles is 1. The van der Waals surface area contributed by atoms with E-state index in [1.807, 2.05) is 6.92 Å². The summed E-state index contributed by atoms with van der Waals surface area (Å²) in [6.07, 6.45) is 4.18. The Morgan fingerprint density at radius 3 is 2.50 bits per heavy atom. The molecular formula is C19H26N2O. The van der Waals surface area contributed by atoms with Crippen molar-refractivity contribution < 1.29 is 4.79 Å². The third-order valence-electron chi connectivity index (χ3n) is 5.08. The van der Waals surface area contributed by atoms with Gasteiger partial charge in [-0.05, 0) is 50.2 Å². The summed E-state index contributed by atoms with van der Waals surface area (Å²) in [5.41, 5.74) is 3.34. The van der Waals surface area contributed by atoms with Crippen molar-refractivity contribution in [1.29, 1.82) is 5.26 Å². The molecule has 0 saturated heterocycles. The molecule has 1 aromatic carbocycles. The van der Waals surface area contributed by atoms with E-state index in [0.717, 1.165) is 31.2 Å². The van der Waals surface area contributed by atoms with E-state index in [0.29, 0.717) is 0 Å². The summed E-state index contributed by atoms with van der Waals surface area (Å²) in [5.74, 6) is -0.678. The van der Waals surface area contributed by atoms with Crippen LogP contribution >= 0.6 is 0 Å². The standard InChI is InChI=1S/C19H26N2O/c1-13-7-8-16(14(2)11-13)15(3)21-18(22)17(12-20)19(4)9-5-6-10-19/h7-8,11,15,17H,5-6,9-10H2,1-4H3,(H,21,22). The zero-order chi connectivity index (χ0) is 16.3. The topological polar surface area (TPSA) is 52.9 Å². The number of benzene rings is 1. The summed E-state index contributed by atoms with van der Waals surface area (Å²) >= 11 is 0. The van der Waals surface area contributed by atoms with Crippen LogP contribution in [0.1, 0.15) is 62.3 Å². The minimum Gasteiger partial charge on any atom is -0.348 e. The number of hydrogen-bond acceptors (Lipinski definition) is 2. The lowest BCUT2D eigenvalue weighted by atomic mass is 9.75. The third-order valence-corrected chi connectivity index (χ3v) is 5.08. The van der Waals surface area contributed by atoms with Gasteiger partial charge in [0.05, 0.1) is 12.1 Å². The second kappa shape index (κ2) is 6.52. The highest BCUT2D eigenvalue weighted by molar-refractivity contribution is 5.82. The van der Waals surface area contributed by atoms with Crippen molar-refractivity contribution in [2.24, 2.45) is 11.3 Å². The maximum atomic E-state index is 12.6. The van der Waals surface area contributed by atoms with Gasteiger partial charge in [-0.2, -0.15) is 5.26 Å². The quantitative estimate of drug-likeness (QED) is 0.905. The predicted molar refractivity (Wildman–Crippen MR) is 88.2 cm³/mol. The first-order valence-corrected chi connectivity index (χ1v) is 8.14. The molecule has 1 N–H and O–H groups in total. The van der Waals surface area contributed by atoms with Crippen molar-refractivity contribution in [2.75, 3.05) is 0 Å². The Bertz CT molecular complexity index is 594. The van der Waals surface area contributed by atoms with Gasteiger partial charge in [0.25, 0.3) is 0 Å². The largest absolute Gasteiger partial charge is 0.348 e. The average Bonchev–Trinajstić information content (AvgIpc) is 2.86. The molecule has 3 heteroatoms. The van der Waals surface area contributed by atoms with Gasteiger partial charge in [0.1, 0.15) is 5.92 Å². The number of nitrogens with zero attached hydrogens (tertiary/aromatic N) is 1. The highest BCUT2D eigenvalue weighted by Crippen LogP contribution is 2.44. The summed E-state index contributed by atoms with van der Waals surface area (Å²) < 4.78 is 0. The zero-order valence-corrected chi connectivity index (χ0v) is 14.1. The van der Waals surface area contributed by atoms with Gasteiger partial charge in [-0.15, -0.1) is 0 Å². The second-order valence-electron chi connectivity index (χ2n) is 7.01. The molecule has 0 aliphatic heterocycles. The Morgan fingerprint density at radius 1 is 1.32 bits per heavy atom. The summed E-state index contributed by atoms with van der Waals surface area (Å²) in [7, 11) is 0. The molecule has 2 rings (SSSR count). The smallest absolute Gasteiger partial charge is 0.238 e. The first kappa shape index (κ1) is 16.5. The van der Waals surface area contributed by atoms with Crippen LogP contribution in [0.4, 0.5) is 0 Å². The Morgan fingerprint density at radius 2 is 1.95 bits per heavy atom. The number of amides is 1. The molecule has 1 saturated carbocycles. The molecule has 0 aromatic heterocycles. The number of rotatable bonds is 4. The number of carbonyl (C=O) groups excluding carboxylic acids is 1. The van der Waals surface area contributed by atoms with Crippen molar-refractivity contribution in [3.05, 3.63) is 34.9 Å². The predicted octanol–water partition coefficient (Wildman–Crippen LogP) is 4.20. The first-order chi connectivity index (χ1) is 10.4. The minimum atomic E-state index is -0.553. The molecule has 0 bridgehead atoms. The van der Waals surface area contributed by atoms with Crippen LogP contribution in [0.25, 0.3) is 0 Å². The number of aryl methyl sites for hydroxylation is 2. The van der Waals surface area contributed by atoms with Crippen LogP contribution in [0.15, 0.2) is 18.2 Å². The van der Waals surface area contributed by atoms with E-state index in [4.69, 9.17) is 0 Å². The van der Waals surface area contributed by atoms with Crippen LogP contribution in [0, 0.1) is 36.5 Å². The highest BCUT2D eigenvalue weighted by Gasteiger charge is 2.41. The van der Waals surface area contributed by atoms with E-state index in [2.05, 4.69) is 50.4 Å². The van der Waals surface area contributed by atoms with Gasteiger partial charge in [-0.25, -0.2) is 0 Å². The van der Waals surface area contributed by atoms with Crippen LogP contribution < -0.4 is 5.32 Å². The fraction of sp³-hybridized carbons (Fsp3) is 0.579. The summed E-state index contributed by atoms with van der Waals surface area (Å²) in [6, 6.07) is 8.43. The molecule has 118 valence electrons. The molecule has 0 heterocycles. The molecule has 1 aliphatic rings. The Hall–Kier alpha value is -1.82. The minimum absolute atomic E-state index is 0.0750. The van der Waals surface area contributed by atoms with E-state index in [-0.39, 0.29) is 17.4 Å². The van der Waals surface area contributed by atoms with Gasteiger partial charge in [0.2, 0.25) is 5.91 Å². The van der Waals surface area contributed by atoms with Gasteiger partial charge >= 0.3 is 0 Å². The van der Waals surface area contributed by atoms with Crippen LogP contribution in [0.3, 0.4) is 0 Å². The van der Waals surface area contributed by atoms with Crippen molar-refractivity contribution >= 4 is 5.91 Å². The van der Waals surface area contributed by atoms with Crippen LogP contribution in [-0.4, -0.2) is 5.91 Å². The van der Waals surface area contributed by atoms with E-state index in [1.54, 1.807) is 0 Å². The molecule has 1 aromatic rings. The zero-order valence-electron chi connectivity index (χ0n) is 14.1. The maximum Gasteiger partial charge on any atom is 0.238 e. The Labute approximate surface area is 133 Å². The van der Waals surface area contributed by atoms with Crippen molar-refractivity contribution in [3.63, 3.8) is 0 Å². The Kier molecular flexibility index (Phi) is 4.90. The summed E-state index contributed by atoms with van der Waals surface area (Å²) in [5, 5.41) is 12.5. The molecular weight excluding hydrogens is 272 g/mol. The van der Waals surface area contributed by atoms with Crippen molar-refractivity contribution in [3.8, 4) is 6.07 Å². The molecule has 0 spiro atoms. The number of nitrogens with one attached hydrogen (secondary N) is 1. The SMILES string of the molecule is Cc1ccc(C(C)NC(=O)C(C#N)C2(C)CCCC2)c(C)c1. The molecule has 2 unspecified atom stereocenters. The number of carbonyl (C=O) groups is 1. The first-order valence-electron chi connectivity index (χ1n) is 8.14. The fourth-order valence-corrected chi connectivity index (χ4v) is 3.69. The van der Waals surface area contributed by atoms with Gasteiger partial charge in [-0.3, -0.25) is 4.79 Å².